The van der Waals surface area contributed by atoms with E-state index in [4.69, 9.17) is 4.74 Å². The van der Waals surface area contributed by atoms with Gasteiger partial charge in [-0.25, -0.2) is 9.97 Å². The van der Waals surface area contributed by atoms with Gasteiger partial charge in [0.2, 0.25) is 0 Å². The molecule has 5 heterocycles. The fourth-order valence-corrected chi connectivity index (χ4v) is 5.21. The number of pyridine rings is 2. The molecule has 0 spiro atoms. The molecule has 8 nitrogen and oxygen atoms in total. The predicted molar refractivity (Wildman–Crippen MR) is 122 cm³/mol. The Kier molecular flexibility index (Phi) is 5.15. The van der Waals surface area contributed by atoms with Gasteiger partial charge in [-0.1, -0.05) is 6.07 Å². The lowest BCUT2D eigenvalue weighted by Crippen LogP contribution is -2.42. The van der Waals surface area contributed by atoms with Crippen LogP contribution in [0, 0.1) is 6.92 Å². The Hall–Kier alpha value is -3.30. The summed E-state index contributed by atoms with van der Waals surface area (Å²) in [7, 11) is 3.46. The number of imidazole rings is 1. The molecule has 1 atom stereocenters. The van der Waals surface area contributed by atoms with Crippen molar-refractivity contribution in [1.82, 2.24) is 24.2 Å². The highest BCUT2D eigenvalue weighted by Crippen LogP contribution is 2.38. The van der Waals surface area contributed by atoms with Crippen molar-refractivity contribution in [2.75, 3.05) is 33.8 Å². The van der Waals surface area contributed by atoms with Gasteiger partial charge in [0.25, 0.3) is 11.8 Å². The molecule has 2 amide bonds. The topological polar surface area (TPSA) is 80.0 Å². The van der Waals surface area contributed by atoms with Crippen LogP contribution in [0.5, 0.6) is 0 Å². The molecule has 0 N–H and O–H groups in total. The average Bonchev–Trinajstić information content (AvgIpc) is 3.39. The standard InChI is InChI=1S/C23H23N5O3S/c1-14-6-8-27-12-16(25-18(27)11-14)22(29)28-9-10-31-17(13-28)19-15-5-4-7-24-21(15)32-20(19)23(30)26(2)3/h4-8,11-12,17H,9-10,13H2,1-3H3. The Bertz CT molecular complexity index is 1340. The lowest BCUT2D eigenvalue weighted by Gasteiger charge is -2.33. The van der Waals surface area contributed by atoms with Crippen LogP contribution in [0.4, 0.5) is 0 Å². The molecule has 1 unspecified atom stereocenters. The first-order valence-electron chi connectivity index (χ1n) is 10.4. The van der Waals surface area contributed by atoms with Gasteiger partial charge >= 0.3 is 0 Å². The summed E-state index contributed by atoms with van der Waals surface area (Å²) >= 11 is 1.36. The summed E-state index contributed by atoms with van der Waals surface area (Å²) in [6.07, 6.45) is 4.96. The zero-order valence-corrected chi connectivity index (χ0v) is 18.9. The Morgan fingerprint density at radius 1 is 1.28 bits per heavy atom. The molecule has 0 radical (unpaired) electrons. The molecule has 1 aliphatic rings. The van der Waals surface area contributed by atoms with Gasteiger partial charge in [0.1, 0.15) is 27.2 Å². The second kappa shape index (κ2) is 7.99. The molecule has 1 aliphatic heterocycles. The van der Waals surface area contributed by atoms with E-state index in [9.17, 15) is 9.59 Å². The summed E-state index contributed by atoms with van der Waals surface area (Å²) < 4.78 is 7.93. The van der Waals surface area contributed by atoms with Crippen molar-refractivity contribution >= 4 is 39.0 Å². The first-order chi connectivity index (χ1) is 15.4. The maximum Gasteiger partial charge on any atom is 0.274 e. The quantitative estimate of drug-likeness (QED) is 0.480. The van der Waals surface area contributed by atoms with Gasteiger partial charge in [-0.05, 0) is 30.7 Å². The molecular formula is C23H23N5O3S. The minimum atomic E-state index is -0.413. The van der Waals surface area contributed by atoms with Crippen LogP contribution in [-0.4, -0.2) is 69.8 Å². The van der Waals surface area contributed by atoms with Gasteiger partial charge in [-0.15, -0.1) is 11.3 Å². The monoisotopic (exact) mass is 449 g/mol. The van der Waals surface area contributed by atoms with Gasteiger partial charge in [0, 0.05) is 50.2 Å². The lowest BCUT2D eigenvalue weighted by atomic mass is 10.0. The van der Waals surface area contributed by atoms with E-state index in [-0.39, 0.29) is 11.8 Å². The molecule has 4 aromatic rings. The van der Waals surface area contributed by atoms with Crippen molar-refractivity contribution in [2.45, 2.75) is 13.0 Å². The summed E-state index contributed by atoms with van der Waals surface area (Å²) in [5, 5.41) is 0.894. The van der Waals surface area contributed by atoms with Crippen molar-refractivity contribution in [1.29, 1.82) is 0 Å². The number of thiophene rings is 1. The fraction of sp³-hybridized carbons (Fsp3) is 0.304. The number of nitrogens with zero attached hydrogens (tertiary/aromatic N) is 5. The molecule has 9 heteroatoms. The number of fused-ring (bicyclic) bond motifs is 2. The second-order valence-electron chi connectivity index (χ2n) is 8.11. The minimum Gasteiger partial charge on any atom is -0.370 e. The van der Waals surface area contributed by atoms with Crippen LogP contribution in [0.25, 0.3) is 15.9 Å². The number of rotatable bonds is 3. The highest BCUT2D eigenvalue weighted by atomic mass is 32.1. The van der Waals surface area contributed by atoms with E-state index < -0.39 is 6.10 Å². The van der Waals surface area contributed by atoms with E-state index in [1.165, 1.54) is 11.3 Å². The third kappa shape index (κ3) is 3.53. The average molecular weight is 450 g/mol. The van der Waals surface area contributed by atoms with Crippen molar-refractivity contribution in [3.8, 4) is 0 Å². The van der Waals surface area contributed by atoms with E-state index in [0.717, 1.165) is 27.0 Å². The summed E-state index contributed by atoms with van der Waals surface area (Å²) in [5.41, 5.74) is 3.04. The first kappa shape index (κ1) is 20.6. The predicted octanol–water partition coefficient (Wildman–Crippen LogP) is 3.17. The number of carbonyl (C=O) groups excluding carboxylic acids is 2. The second-order valence-corrected chi connectivity index (χ2v) is 9.11. The number of hydrogen-bond acceptors (Lipinski definition) is 6. The molecule has 32 heavy (non-hydrogen) atoms. The van der Waals surface area contributed by atoms with Crippen LogP contribution < -0.4 is 0 Å². The maximum atomic E-state index is 13.3. The number of aromatic nitrogens is 3. The third-order valence-corrected chi connectivity index (χ3v) is 6.73. The zero-order valence-electron chi connectivity index (χ0n) is 18.1. The van der Waals surface area contributed by atoms with E-state index in [1.54, 1.807) is 36.3 Å². The Labute approximate surface area is 189 Å². The minimum absolute atomic E-state index is 0.0919. The molecule has 0 aliphatic carbocycles. The molecule has 1 saturated heterocycles. The van der Waals surface area contributed by atoms with Crippen LogP contribution >= 0.6 is 11.3 Å². The molecular weight excluding hydrogens is 426 g/mol. The summed E-state index contributed by atoms with van der Waals surface area (Å²) in [6.45, 7) is 3.20. The van der Waals surface area contributed by atoms with Crippen LogP contribution in [-0.2, 0) is 4.74 Å². The molecule has 0 aromatic carbocycles. The van der Waals surface area contributed by atoms with E-state index in [0.29, 0.717) is 30.3 Å². The number of ether oxygens (including phenoxy) is 1. The normalized spacial score (nSPS) is 16.6. The molecule has 0 saturated carbocycles. The SMILES string of the molecule is Cc1ccn2cc(C(=O)N3CCOC(c4c(C(=O)N(C)C)sc5ncccc45)C3)nc2c1. The number of morpholine rings is 1. The smallest absolute Gasteiger partial charge is 0.274 e. The maximum absolute atomic E-state index is 13.3. The fourth-order valence-electron chi connectivity index (χ4n) is 3.99. The van der Waals surface area contributed by atoms with Crippen molar-refractivity contribution < 1.29 is 14.3 Å². The van der Waals surface area contributed by atoms with Gasteiger partial charge in [-0.3, -0.25) is 9.59 Å². The highest BCUT2D eigenvalue weighted by molar-refractivity contribution is 7.20. The third-order valence-electron chi connectivity index (χ3n) is 5.62. The number of amides is 2. The summed E-state index contributed by atoms with van der Waals surface area (Å²) in [5.74, 6) is -0.233. The van der Waals surface area contributed by atoms with Crippen molar-refractivity contribution in [3.63, 3.8) is 0 Å². The number of aryl methyl sites for hydroxylation is 1. The van der Waals surface area contributed by atoms with E-state index >= 15 is 0 Å². The van der Waals surface area contributed by atoms with E-state index in [1.807, 2.05) is 41.8 Å². The van der Waals surface area contributed by atoms with Crippen LogP contribution in [0.2, 0.25) is 0 Å². The molecule has 4 aromatic heterocycles. The van der Waals surface area contributed by atoms with Crippen LogP contribution in [0.3, 0.4) is 0 Å². The van der Waals surface area contributed by atoms with Gasteiger partial charge in [0.05, 0.1) is 13.2 Å². The van der Waals surface area contributed by atoms with Crippen molar-refractivity contribution in [3.05, 3.63) is 64.6 Å². The van der Waals surface area contributed by atoms with Crippen molar-refractivity contribution in [2.24, 2.45) is 0 Å². The number of hydrogen-bond donors (Lipinski definition) is 0. The summed E-state index contributed by atoms with van der Waals surface area (Å²) in [4.78, 5) is 39.8. The summed E-state index contributed by atoms with van der Waals surface area (Å²) in [6, 6.07) is 7.73. The van der Waals surface area contributed by atoms with Gasteiger partial charge < -0.3 is 18.9 Å². The van der Waals surface area contributed by atoms with E-state index in [2.05, 4.69) is 9.97 Å². The van der Waals surface area contributed by atoms with Gasteiger partial charge in [-0.2, -0.15) is 0 Å². The van der Waals surface area contributed by atoms with Crippen LogP contribution in [0.1, 0.15) is 37.4 Å². The largest absolute Gasteiger partial charge is 0.370 e. The Balaban J connectivity index is 1.48. The van der Waals surface area contributed by atoms with Gasteiger partial charge in [0.15, 0.2) is 0 Å². The Morgan fingerprint density at radius 3 is 2.94 bits per heavy atom. The molecule has 0 bridgehead atoms. The molecule has 5 rings (SSSR count). The zero-order chi connectivity index (χ0) is 22.4. The first-order valence-corrected chi connectivity index (χ1v) is 11.2. The Morgan fingerprint density at radius 2 is 2.12 bits per heavy atom. The lowest BCUT2D eigenvalue weighted by molar-refractivity contribution is -0.0225. The number of carbonyl (C=O) groups is 2. The van der Waals surface area contributed by atoms with Crippen LogP contribution in [0.15, 0.2) is 42.9 Å². The molecule has 1 fully saturated rings. The highest BCUT2D eigenvalue weighted by Gasteiger charge is 2.33. The molecule has 164 valence electrons.